The Morgan fingerprint density at radius 1 is 1.45 bits per heavy atom. The van der Waals surface area contributed by atoms with Crippen LogP contribution in [0.1, 0.15) is 38.1 Å². The summed E-state index contributed by atoms with van der Waals surface area (Å²) in [5.41, 5.74) is 1.60. The molecule has 1 N–H and O–H groups in total. The molecule has 1 fully saturated rings. The average Bonchev–Trinajstić information content (AvgIpc) is 2.80. The molecule has 0 bridgehead atoms. The highest BCUT2D eigenvalue weighted by Gasteiger charge is 2.40. The average molecular weight is 282 g/mol. The maximum Gasteiger partial charge on any atom is 0.0987 e. The van der Waals surface area contributed by atoms with Crippen molar-refractivity contribution in [2.45, 2.75) is 58.3 Å². The summed E-state index contributed by atoms with van der Waals surface area (Å²) in [6, 6.07) is 2.05. The Morgan fingerprint density at radius 2 is 2.15 bits per heavy atom. The van der Waals surface area contributed by atoms with Gasteiger partial charge >= 0.3 is 0 Å². The first-order chi connectivity index (χ1) is 9.61. The highest BCUT2D eigenvalue weighted by Crippen LogP contribution is 2.31. The highest BCUT2D eigenvalue weighted by atomic mass is 16.5. The van der Waals surface area contributed by atoms with Gasteiger partial charge in [0.05, 0.1) is 17.4 Å². The third kappa shape index (κ3) is 3.22. The molecule has 1 unspecified atom stereocenters. The molecule has 0 saturated carbocycles. The van der Waals surface area contributed by atoms with E-state index in [0.717, 1.165) is 30.8 Å². The predicted molar refractivity (Wildman–Crippen MR) is 76.8 cm³/mol. The van der Waals surface area contributed by atoms with E-state index in [1.54, 1.807) is 0 Å². The van der Waals surface area contributed by atoms with Crippen molar-refractivity contribution < 1.29 is 14.6 Å². The van der Waals surface area contributed by atoms with Crippen molar-refractivity contribution in [3.63, 3.8) is 0 Å². The van der Waals surface area contributed by atoms with Crippen LogP contribution in [-0.2, 0) is 22.4 Å². The molecular weight excluding hydrogens is 256 g/mol. The molecule has 0 aromatic carbocycles. The Balaban J connectivity index is 2.13. The van der Waals surface area contributed by atoms with Crippen LogP contribution in [0.2, 0.25) is 0 Å². The van der Waals surface area contributed by atoms with Gasteiger partial charge < -0.3 is 14.6 Å². The molecule has 0 spiro atoms. The van der Waals surface area contributed by atoms with Crippen molar-refractivity contribution in [3.05, 3.63) is 17.5 Å². The fourth-order valence-electron chi connectivity index (χ4n) is 3.00. The van der Waals surface area contributed by atoms with E-state index >= 15 is 0 Å². The molecular formula is C15H26N2O3. The second-order valence-electron chi connectivity index (χ2n) is 5.42. The Hall–Kier alpha value is -0.910. The normalized spacial score (nSPS) is 20.0. The van der Waals surface area contributed by atoms with E-state index in [9.17, 15) is 5.11 Å². The highest BCUT2D eigenvalue weighted by molar-refractivity contribution is 5.11. The van der Waals surface area contributed by atoms with Crippen molar-refractivity contribution in [1.82, 2.24) is 9.78 Å². The number of rotatable bonds is 6. The first kappa shape index (κ1) is 15.5. The summed E-state index contributed by atoms with van der Waals surface area (Å²) < 4.78 is 13.3. The zero-order chi connectivity index (χ0) is 14.6. The van der Waals surface area contributed by atoms with Gasteiger partial charge in [0.15, 0.2) is 0 Å². The molecule has 1 saturated heterocycles. The summed E-state index contributed by atoms with van der Waals surface area (Å²) in [5, 5.41) is 15.2. The molecule has 0 amide bonds. The minimum atomic E-state index is -0.521. The van der Waals surface area contributed by atoms with E-state index < -0.39 is 11.7 Å². The number of nitrogens with zero attached hydrogens (tertiary/aromatic N) is 2. The summed E-state index contributed by atoms with van der Waals surface area (Å²) >= 11 is 0. The van der Waals surface area contributed by atoms with E-state index in [1.807, 2.05) is 24.6 Å². The molecule has 5 heteroatoms. The van der Waals surface area contributed by atoms with Gasteiger partial charge in [-0.05, 0) is 26.8 Å². The Kier molecular flexibility index (Phi) is 5.18. The first-order valence-electron chi connectivity index (χ1n) is 7.54. The molecule has 1 aromatic heterocycles. The maximum atomic E-state index is 10.7. The molecule has 0 aliphatic carbocycles. The van der Waals surface area contributed by atoms with Crippen LogP contribution in [0.5, 0.6) is 0 Å². The van der Waals surface area contributed by atoms with Crippen molar-refractivity contribution in [1.29, 1.82) is 0 Å². The molecule has 114 valence electrons. The van der Waals surface area contributed by atoms with Gasteiger partial charge in [-0.3, -0.25) is 4.68 Å². The molecule has 2 rings (SSSR count). The Bertz CT molecular complexity index is 419. The number of hydrogen-bond donors (Lipinski definition) is 1. The van der Waals surface area contributed by atoms with E-state index in [4.69, 9.17) is 9.47 Å². The van der Waals surface area contributed by atoms with Gasteiger partial charge in [0, 0.05) is 51.3 Å². The van der Waals surface area contributed by atoms with Gasteiger partial charge in [-0.25, -0.2) is 0 Å². The monoisotopic (exact) mass is 282 g/mol. The largest absolute Gasteiger partial charge is 0.390 e. The molecule has 0 radical (unpaired) electrons. The van der Waals surface area contributed by atoms with Crippen LogP contribution in [0.15, 0.2) is 6.07 Å². The fourth-order valence-corrected chi connectivity index (χ4v) is 3.00. The van der Waals surface area contributed by atoms with Crippen LogP contribution < -0.4 is 0 Å². The van der Waals surface area contributed by atoms with Gasteiger partial charge in [0.2, 0.25) is 0 Å². The quantitative estimate of drug-likeness (QED) is 0.863. The van der Waals surface area contributed by atoms with Crippen LogP contribution in [0, 0.1) is 6.92 Å². The lowest BCUT2D eigenvalue weighted by Gasteiger charge is -2.40. The van der Waals surface area contributed by atoms with Crippen LogP contribution >= 0.6 is 0 Å². The molecule has 1 aliphatic rings. The van der Waals surface area contributed by atoms with E-state index in [0.29, 0.717) is 26.2 Å². The zero-order valence-electron chi connectivity index (χ0n) is 12.8. The van der Waals surface area contributed by atoms with Crippen molar-refractivity contribution in [2.24, 2.45) is 0 Å². The fraction of sp³-hybridized carbons (Fsp3) is 0.800. The van der Waals surface area contributed by atoms with Crippen LogP contribution in [0.4, 0.5) is 0 Å². The third-order valence-electron chi connectivity index (χ3n) is 4.07. The Labute approximate surface area is 120 Å². The molecule has 1 atom stereocenters. The maximum absolute atomic E-state index is 10.7. The topological polar surface area (TPSA) is 56.5 Å². The van der Waals surface area contributed by atoms with Gasteiger partial charge in [-0.2, -0.15) is 5.10 Å². The second-order valence-corrected chi connectivity index (χ2v) is 5.42. The third-order valence-corrected chi connectivity index (χ3v) is 4.07. The van der Waals surface area contributed by atoms with Gasteiger partial charge in [-0.1, -0.05) is 0 Å². The lowest BCUT2D eigenvalue weighted by atomic mass is 9.85. The number of aliphatic hydroxyl groups is 1. The minimum Gasteiger partial charge on any atom is -0.390 e. The van der Waals surface area contributed by atoms with E-state index in [2.05, 4.69) is 12.0 Å². The lowest BCUT2D eigenvalue weighted by Crippen LogP contribution is -2.50. The van der Waals surface area contributed by atoms with Gasteiger partial charge in [0.1, 0.15) is 0 Å². The van der Waals surface area contributed by atoms with Crippen molar-refractivity contribution in [2.75, 3.05) is 19.8 Å². The number of aromatic nitrogens is 2. The minimum absolute atomic E-state index is 0.469. The van der Waals surface area contributed by atoms with Crippen LogP contribution in [0.25, 0.3) is 0 Å². The van der Waals surface area contributed by atoms with Crippen LogP contribution in [0.3, 0.4) is 0 Å². The summed E-state index contributed by atoms with van der Waals surface area (Å²) in [6.45, 7) is 8.77. The molecule has 1 aliphatic heterocycles. The lowest BCUT2D eigenvalue weighted by molar-refractivity contribution is -0.165. The Morgan fingerprint density at radius 3 is 2.75 bits per heavy atom. The first-order valence-corrected chi connectivity index (χ1v) is 7.54. The van der Waals surface area contributed by atoms with Gasteiger partial charge in [-0.15, -0.1) is 0 Å². The smallest absolute Gasteiger partial charge is 0.0987 e. The number of hydrogen-bond acceptors (Lipinski definition) is 4. The standard InChI is InChI=1S/C15H26N2O3/c1-4-17-13(10-12(3)16-17)11-14(18)15(20-5-2)6-8-19-9-7-15/h10,14,18H,4-9,11H2,1-3H3. The SMILES string of the molecule is CCOC1(C(O)Cc2cc(C)nn2CC)CCOCC1. The number of aliphatic hydroxyl groups excluding tert-OH is 1. The summed E-state index contributed by atoms with van der Waals surface area (Å²) in [7, 11) is 0. The predicted octanol–water partition coefficient (Wildman–Crippen LogP) is 1.70. The number of ether oxygens (including phenoxy) is 2. The number of aryl methyl sites for hydroxylation is 2. The summed E-state index contributed by atoms with van der Waals surface area (Å²) in [4.78, 5) is 0. The second kappa shape index (κ2) is 6.70. The molecule has 20 heavy (non-hydrogen) atoms. The van der Waals surface area contributed by atoms with Crippen molar-refractivity contribution >= 4 is 0 Å². The molecule has 2 heterocycles. The molecule has 5 nitrogen and oxygen atoms in total. The van der Waals surface area contributed by atoms with Crippen LogP contribution in [-0.4, -0.2) is 46.4 Å². The summed E-state index contributed by atoms with van der Waals surface area (Å²) in [5.74, 6) is 0. The van der Waals surface area contributed by atoms with E-state index in [1.165, 1.54) is 0 Å². The molecule has 1 aromatic rings. The van der Waals surface area contributed by atoms with E-state index in [-0.39, 0.29) is 0 Å². The van der Waals surface area contributed by atoms with Crippen molar-refractivity contribution in [3.8, 4) is 0 Å². The van der Waals surface area contributed by atoms with Gasteiger partial charge in [0.25, 0.3) is 0 Å². The zero-order valence-corrected chi connectivity index (χ0v) is 12.8. The summed E-state index contributed by atoms with van der Waals surface area (Å²) in [6.07, 6.45) is 1.56.